The molecule has 0 aliphatic carbocycles. The van der Waals surface area contributed by atoms with Gasteiger partial charge in [0.2, 0.25) is 5.91 Å². The van der Waals surface area contributed by atoms with Crippen molar-refractivity contribution in [2.75, 3.05) is 16.8 Å². The molecule has 0 fully saturated rings. The SMILES string of the molecule is CC(=O)c1ccccc1NC(=O)[C@@H](C)SC1=NCC(=O)N1c1ccccc1Cl. The lowest BCUT2D eigenvalue weighted by Gasteiger charge is -2.21. The van der Waals surface area contributed by atoms with Crippen molar-refractivity contribution >= 4 is 57.5 Å². The van der Waals surface area contributed by atoms with Crippen molar-refractivity contribution in [2.24, 2.45) is 4.99 Å². The number of halogens is 1. The first-order valence-corrected chi connectivity index (χ1v) is 9.83. The third-order valence-electron chi connectivity index (χ3n) is 4.10. The normalized spacial score (nSPS) is 14.6. The monoisotopic (exact) mass is 415 g/mol. The van der Waals surface area contributed by atoms with Crippen molar-refractivity contribution in [3.8, 4) is 0 Å². The van der Waals surface area contributed by atoms with Gasteiger partial charge in [-0.2, -0.15) is 0 Å². The Morgan fingerprint density at radius 3 is 2.57 bits per heavy atom. The van der Waals surface area contributed by atoms with E-state index in [-0.39, 0.29) is 24.1 Å². The lowest BCUT2D eigenvalue weighted by atomic mass is 10.1. The summed E-state index contributed by atoms with van der Waals surface area (Å²) in [5, 5.41) is 3.08. The van der Waals surface area contributed by atoms with E-state index >= 15 is 0 Å². The van der Waals surface area contributed by atoms with Crippen LogP contribution < -0.4 is 10.2 Å². The molecule has 6 nitrogen and oxygen atoms in total. The van der Waals surface area contributed by atoms with Gasteiger partial charge in [-0.15, -0.1) is 0 Å². The molecule has 1 aliphatic rings. The van der Waals surface area contributed by atoms with Crippen LogP contribution in [0.1, 0.15) is 24.2 Å². The largest absolute Gasteiger partial charge is 0.324 e. The Kier molecular flexibility index (Phi) is 6.16. The van der Waals surface area contributed by atoms with Crippen LogP contribution in [-0.2, 0) is 9.59 Å². The van der Waals surface area contributed by atoms with Crippen molar-refractivity contribution in [3.63, 3.8) is 0 Å². The predicted molar refractivity (Wildman–Crippen MR) is 113 cm³/mol. The molecule has 28 heavy (non-hydrogen) atoms. The van der Waals surface area contributed by atoms with Gasteiger partial charge >= 0.3 is 0 Å². The molecule has 1 N–H and O–H groups in total. The van der Waals surface area contributed by atoms with Crippen LogP contribution in [0.25, 0.3) is 0 Å². The molecule has 144 valence electrons. The zero-order valence-corrected chi connectivity index (χ0v) is 16.9. The Hall–Kier alpha value is -2.64. The van der Waals surface area contributed by atoms with Crippen molar-refractivity contribution in [2.45, 2.75) is 19.1 Å². The highest BCUT2D eigenvalue weighted by Gasteiger charge is 2.31. The average Bonchev–Trinajstić information content (AvgIpc) is 3.02. The number of aliphatic imine (C=N–C) groups is 1. The number of carbonyl (C=O) groups excluding carboxylic acids is 3. The first-order chi connectivity index (χ1) is 13.4. The van der Waals surface area contributed by atoms with Crippen LogP contribution in [0.4, 0.5) is 11.4 Å². The fraction of sp³-hybridized carbons (Fsp3) is 0.200. The van der Waals surface area contributed by atoms with Gasteiger partial charge in [-0.1, -0.05) is 47.6 Å². The molecule has 2 aromatic rings. The van der Waals surface area contributed by atoms with Crippen LogP contribution >= 0.6 is 23.4 Å². The van der Waals surface area contributed by atoms with Crippen molar-refractivity contribution in [1.29, 1.82) is 0 Å². The molecule has 1 aliphatic heterocycles. The van der Waals surface area contributed by atoms with E-state index in [1.807, 2.05) is 0 Å². The van der Waals surface area contributed by atoms with Gasteiger partial charge in [0.25, 0.3) is 5.91 Å². The highest BCUT2D eigenvalue weighted by Crippen LogP contribution is 2.31. The van der Waals surface area contributed by atoms with E-state index in [9.17, 15) is 14.4 Å². The van der Waals surface area contributed by atoms with E-state index in [0.29, 0.717) is 27.1 Å². The number of ketones is 1. The first kappa shape index (κ1) is 20.1. The second kappa shape index (κ2) is 8.58. The summed E-state index contributed by atoms with van der Waals surface area (Å²) in [5.41, 5.74) is 1.44. The van der Waals surface area contributed by atoms with Gasteiger partial charge in [0, 0.05) is 5.56 Å². The number of benzene rings is 2. The Bertz CT molecular complexity index is 977. The number of rotatable bonds is 5. The number of hydrogen-bond donors (Lipinski definition) is 1. The highest BCUT2D eigenvalue weighted by atomic mass is 35.5. The standard InChI is InChI=1S/C20H18ClN3O3S/c1-12(25)14-7-3-5-9-16(14)23-19(27)13(2)28-20-22-11-18(26)24(20)17-10-6-4-8-15(17)21/h3-10,13H,11H2,1-2H3,(H,23,27)/t13-/m1/s1. The maximum atomic E-state index is 12.6. The molecule has 1 heterocycles. The molecule has 2 amide bonds. The van der Waals surface area contributed by atoms with E-state index in [0.717, 1.165) is 11.8 Å². The van der Waals surface area contributed by atoms with Crippen LogP contribution in [-0.4, -0.2) is 34.6 Å². The molecule has 1 atom stereocenters. The van der Waals surface area contributed by atoms with Crippen LogP contribution in [0, 0.1) is 0 Å². The summed E-state index contributed by atoms with van der Waals surface area (Å²) in [5.74, 6) is -0.628. The Labute approximate surface area is 172 Å². The quantitative estimate of drug-likeness (QED) is 0.748. The smallest absolute Gasteiger partial charge is 0.254 e. The molecule has 3 rings (SSSR count). The average molecular weight is 416 g/mol. The number of nitrogens with zero attached hydrogens (tertiary/aromatic N) is 2. The molecule has 0 radical (unpaired) electrons. The minimum Gasteiger partial charge on any atom is -0.324 e. The second-order valence-electron chi connectivity index (χ2n) is 6.13. The summed E-state index contributed by atoms with van der Waals surface area (Å²) in [6.45, 7) is 3.17. The second-order valence-corrected chi connectivity index (χ2v) is 7.85. The Balaban J connectivity index is 1.74. The molecule has 0 unspecified atom stereocenters. The number of para-hydroxylation sites is 2. The zero-order chi connectivity index (χ0) is 20.3. The van der Waals surface area contributed by atoms with Gasteiger partial charge < -0.3 is 5.32 Å². The predicted octanol–water partition coefficient (Wildman–Crippen LogP) is 4.01. The third kappa shape index (κ3) is 4.26. The van der Waals surface area contributed by atoms with Gasteiger partial charge in [-0.3, -0.25) is 24.3 Å². The molecule has 0 saturated heterocycles. The maximum absolute atomic E-state index is 12.6. The molecule has 8 heteroatoms. The third-order valence-corrected chi connectivity index (χ3v) is 5.51. The van der Waals surface area contributed by atoms with Gasteiger partial charge in [0.05, 0.1) is 21.6 Å². The summed E-state index contributed by atoms with van der Waals surface area (Å²) < 4.78 is 0. The van der Waals surface area contributed by atoms with Gasteiger partial charge in [-0.25, -0.2) is 0 Å². The van der Waals surface area contributed by atoms with Crippen LogP contribution in [0.15, 0.2) is 53.5 Å². The zero-order valence-electron chi connectivity index (χ0n) is 15.3. The number of amidine groups is 1. The summed E-state index contributed by atoms with van der Waals surface area (Å²) in [7, 11) is 0. The number of carbonyl (C=O) groups is 3. The Morgan fingerprint density at radius 1 is 1.18 bits per heavy atom. The molecular weight excluding hydrogens is 398 g/mol. The summed E-state index contributed by atoms with van der Waals surface area (Å²) in [4.78, 5) is 42.4. The Morgan fingerprint density at radius 2 is 1.86 bits per heavy atom. The number of anilines is 2. The highest BCUT2D eigenvalue weighted by molar-refractivity contribution is 8.15. The molecule has 2 aromatic carbocycles. The van der Waals surface area contributed by atoms with E-state index in [4.69, 9.17) is 11.6 Å². The first-order valence-electron chi connectivity index (χ1n) is 8.58. The minimum atomic E-state index is -0.547. The number of thioether (sulfide) groups is 1. The van der Waals surface area contributed by atoms with Crippen LogP contribution in [0.3, 0.4) is 0 Å². The summed E-state index contributed by atoms with van der Waals surface area (Å²) >= 11 is 7.38. The van der Waals surface area contributed by atoms with Crippen molar-refractivity contribution < 1.29 is 14.4 Å². The van der Waals surface area contributed by atoms with E-state index < -0.39 is 5.25 Å². The topological polar surface area (TPSA) is 78.8 Å². The van der Waals surface area contributed by atoms with Crippen LogP contribution in [0.5, 0.6) is 0 Å². The number of nitrogens with one attached hydrogen (secondary N) is 1. The van der Waals surface area contributed by atoms with Crippen molar-refractivity contribution in [1.82, 2.24) is 0 Å². The molecule has 0 spiro atoms. The number of amides is 2. The van der Waals surface area contributed by atoms with Gasteiger partial charge in [0.1, 0.15) is 6.54 Å². The van der Waals surface area contributed by atoms with Crippen LogP contribution in [0.2, 0.25) is 5.02 Å². The fourth-order valence-corrected chi connectivity index (χ4v) is 3.84. The molecule has 0 saturated carbocycles. The van der Waals surface area contributed by atoms with E-state index in [1.54, 1.807) is 55.5 Å². The molecule has 0 aromatic heterocycles. The molecular formula is C20H18ClN3O3S. The molecule has 0 bridgehead atoms. The lowest BCUT2D eigenvalue weighted by molar-refractivity contribution is -0.116. The van der Waals surface area contributed by atoms with Gasteiger partial charge in [0.15, 0.2) is 11.0 Å². The lowest BCUT2D eigenvalue weighted by Crippen LogP contribution is -2.33. The number of hydrogen-bond acceptors (Lipinski definition) is 5. The summed E-state index contributed by atoms with van der Waals surface area (Å²) in [6, 6.07) is 13.8. The number of Topliss-reactive ketones (excluding diaryl/α,β-unsaturated/α-hetero) is 1. The summed E-state index contributed by atoms with van der Waals surface area (Å²) in [6.07, 6.45) is 0. The fourth-order valence-electron chi connectivity index (χ4n) is 2.69. The van der Waals surface area contributed by atoms with Gasteiger partial charge in [-0.05, 0) is 38.1 Å². The minimum absolute atomic E-state index is 0.00899. The van der Waals surface area contributed by atoms with Crippen molar-refractivity contribution in [3.05, 3.63) is 59.1 Å². The van der Waals surface area contributed by atoms with E-state index in [2.05, 4.69) is 10.3 Å². The maximum Gasteiger partial charge on any atom is 0.254 e. The van der Waals surface area contributed by atoms with E-state index in [1.165, 1.54) is 11.8 Å².